The number of nitrogens with two attached hydrogens (primary N) is 1. The highest BCUT2D eigenvalue weighted by atomic mass is 16.1. The van der Waals surface area contributed by atoms with E-state index in [4.69, 9.17) is 5.73 Å². The molecular formula is C7H12N4O. The van der Waals surface area contributed by atoms with Gasteiger partial charge in [-0.1, -0.05) is 18.6 Å². The van der Waals surface area contributed by atoms with Gasteiger partial charge in [0.25, 0.3) is 0 Å². The SMILES string of the molecule is CCCC(C(N)=O)c1c[nH]nn1. The molecule has 0 saturated heterocycles. The molecule has 0 bridgehead atoms. The van der Waals surface area contributed by atoms with E-state index in [-0.39, 0.29) is 11.8 Å². The normalized spacial score (nSPS) is 12.8. The Kier molecular flexibility index (Phi) is 2.79. The Morgan fingerprint density at radius 2 is 2.58 bits per heavy atom. The van der Waals surface area contributed by atoms with Gasteiger partial charge in [-0.2, -0.15) is 0 Å². The molecule has 0 saturated carbocycles. The summed E-state index contributed by atoms with van der Waals surface area (Å²) in [5, 5.41) is 9.83. The van der Waals surface area contributed by atoms with Gasteiger partial charge in [-0.15, -0.1) is 5.10 Å². The van der Waals surface area contributed by atoms with Crippen molar-refractivity contribution >= 4 is 5.91 Å². The van der Waals surface area contributed by atoms with Gasteiger partial charge in [0.15, 0.2) is 0 Å². The van der Waals surface area contributed by atoms with Crippen molar-refractivity contribution in [3.63, 3.8) is 0 Å². The van der Waals surface area contributed by atoms with Crippen molar-refractivity contribution < 1.29 is 4.79 Å². The molecule has 1 rings (SSSR count). The fraction of sp³-hybridized carbons (Fsp3) is 0.571. The molecule has 1 aromatic rings. The standard InChI is InChI=1S/C7H12N4O/c1-2-3-5(7(8)12)6-4-9-11-10-6/h4-5H,2-3H2,1H3,(H2,8,12)(H,9,10,11). The second-order valence-corrected chi connectivity index (χ2v) is 2.64. The molecule has 0 aliphatic carbocycles. The van der Waals surface area contributed by atoms with Gasteiger partial charge in [-0.05, 0) is 6.42 Å². The summed E-state index contributed by atoms with van der Waals surface area (Å²) in [6, 6.07) is 0. The van der Waals surface area contributed by atoms with Gasteiger partial charge in [-0.25, -0.2) is 0 Å². The van der Waals surface area contributed by atoms with Crippen LogP contribution in [0, 0.1) is 0 Å². The Morgan fingerprint density at radius 3 is 3.00 bits per heavy atom. The van der Waals surface area contributed by atoms with Crippen molar-refractivity contribution in [1.82, 2.24) is 15.4 Å². The highest BCUT2D eigenvalue weighted by Gasteiger charge is 2.18. The molecule has 1 atom stereocenters. The number of carbonyl (C=O) groups is 1. The molecule has 5 heteroatoms. The lowest BCUT2D eigenvalue weighted by molar-refractivity contribution is -0.119. The van der Waals surface area contributed by atoms with Crippen LogP contribution < -0.4 is 5.73 Å². The predicted octanol–water partition coefficient (Wildman–Crippen LogP) is 0.174. The lowest BCUT2D eigenvalue weighted by Gasteiger charge is -2.06. The van der Waals surface area contributed by atoms with Crippen LogP contribution in [0.15, 0.2) is 6.20 Å². The third kappa shape index (κ3) is 1.81. The van der Waals surface area contributed by atoms with Gasteiger partial charge in [0, 0.05) is 6.20 Å². The Labute approximate surface area is 70.3 Å². The van der Waals surface area contributed by atoms with E-state index in [1.807, 2.05) is 6.92 Å². The lowest BCUT2D eigenvalue weighted by atomic mass is 10.0. The number of aromatic amines is 1. The first-order valence-electron chi connectivity index (χ1n) is 3.91. The van der Waals surface area contributed by atoms with Gasteiger partial charge < -0.3 is 5.73 Å². The number of rotatable bonds is 4. The molecule has 0 fully saturated rings. The van der Waals surface area contributed by atoms with Crippen LogP contribution in [-0.4, -0.2) is 21.3 Å². The molecule has 1 aromatic heterocycles. The van der Waals surface area contributed by atoms with E-state index in [2.05, 4.69) is 15.4 Å². The predicted molar refractivity (Wildman–Crippen MR) is 43.2 cm³/mol. The van der Waals surface area contributed by atoms with Crippen LogP contribution in [0.3, 0.4) is 0 Å². The van der Waals surface area contributed by atoms with E-state index in [0.29, 0.717) is 5.69 Å². The smallest absolute Gasteiger partial charge is 0.226 e. The second kappa shape index (κ2) is 3.85. The minimum atomic E-state index is -0.342. The fourth-order valence-electron chi connectivity index (χ4n) is 1.11. The minimum Gasteiger partial charge on any atom is -0.369 e. The van der Waals surface area contributed by atoms with Crippen LogP contribution >= 0.6 is 0 Å². The van der Waals surface area contributed by atoms with Crippen molar-refractivity contribution in [3.8, 4) is 0 Å². The number of hydrogen-bond acceptors (Lipinski definition) is 3. The van der Waals surface area contributed by atoms with Gasteiger partial charge in [0.2, 0.25) is 5.91 Å². The number of hydrogen-bond donors (Lipinski definition) is 2. The van der Waals surface area contributed by atoms with Crippen molar-refractivity contribution in [2.24, 2.45) is 5.73 Å². The zero-order chi connectivity index (χ0) is 8.97. The fourth-order valence-corrected chi connectivity index (χ4v) is 1.11. The molecule has 0 radical (unpaired) electrons. The molecule has 0 aliphatic rings. The number of carbonyl (C=O) groups excluding carboxylic acids is 1. The third-order valence-electron chi connectivity index (χ3n) is 1.71. The molecule has 0 aliphatic heterocycles. The Bertz CT molecular complexity index is 244. The summed E-state index contributed by atoms with van der Waals surface area (Å²) >= 11 is 0. The molecule has 0 aromatic carbocycles. The lowest BCUT2D eigenvalue weighted by Crippen LogP contribution is -2.21. The average Bonchev–Trinajstić information content (AvgIpc) is 2.51. The van der Waals surface area contributed by atoms with Gasteiger partial charge in [-0.3, -0.25) is 9.89 Å². The van der Waals surface area contributed by atoms with E-state index in [1.54, 1.807) is 6.20 Å². The molecule has 1 heterocycles. The first-order valence-corrected chi connectivity index (χ1v) is 3.91. The van der Waals surface area contributed by atoms with E-state index in [0.717, 1.165) is 12.8 Å². The van der Waals surface area contributed by atoms with E-state index < -0.39 is 0 Å². The first-order chi connectivity index (χ1) is 5.75. The molecule has 0 spiro atoms. The maximum absolute atomic E-state index is 10.9. The van der Waals surface area contributed by atoms with Gasteiger partial charge >= 0.3 is 0 Å². The molecule has 3 N–H and O–H groups in total. The van der Waals surface area contributed by atoms with Crippen LogP contribution in [0.4, 0.5) is 0 Å². The van der Waals surface area contributed by atoms with Crippen LogP contribution in [-0.2, 0) is 4.79 Å². The maximum atomic E-state index is 10.9. The summed E-state index contributed by atoms with van der Waals surface area (Å²) in [5.41, 5.74) is 5.82. The van der Waals surface area contributed by atoms with Crippen molar-refractivity contribution in [3.05, 3.63) is 11.9 Å². The molecule has 1 unspecified atom stereocenters. The number of H-pyrrole nitrogens is 1. The van der Waals surface area contributed by atoms with Crippen molar-refractivity contribution in [2.45, 2.75) is 25.7 Å². The highest BCUT2D eigenvalue weighted by molar-refractivity contribution is 5.81. The number of nitrogens with zero attached hydrogens (tertiary/aromatic N) is 2. The highest BCUT2D eigenvalue weighted by Crippen LogP contribution is 2.16. The Morgan fingerprint density at radius 1 is 1.83 bits per heavy atom. The van der Waals surface area contributed by atoms with Gasteiger partial charge in [0.05, 0.1) is 11.6 Å². The summed E-state index contributed by atoms with van der Waals surface area (Å²) in [6.07, 6.45) is 3.23. The number of primary amides is 1. The summed E-state index contributed by atoms with van der Waals surface area (Å²) < 4.78 is 0. The van der Waals surface area contributed by atoms with E-state index in [9.17, 15) is 4.79 Å². The molecule has 5 nitrogen and oxygen atoms in total. The molecular weight excluding hydrogens is 156 g/mol. The van der Waals surface area contributed by atoms with E-state index >= 15 is 0 Å². The van der Waals surface area contributed by atoms with Crippen LogP contribution in [0.5, 0.6) is 0 Å². The summed E-state index contributed by atoms with van der Waals surface area (Å²) in [5.74, 6) is -0.639. The molecule has 66 valence electrons. The maximum Gasteiger partial charge on any atom is 0.226 e. The molecule has 12 heavy (non-hydrogen) atoms. The minimum absolute atomic E-state index is 0.297. The Balaban J connectivity index is 2.73. The average molecular weight is 168 g/mol. The van der Waals surface area contributed by atoms with Crippen LogP contribution in [0.25, 0.3) is 0 Å². The number of aromatic nitrogens is 3. The third-order valence-corrected chi connectivity index (χ3v) is 1.71. The summed E-state index contributed by atoms with van der Waals surface area (Å²) in [7, 11) is 0. The second-order valence-electron chi connectivity index (χ2n) is 2.64. The van der Waals surface area contributed by atoms with Crippen LogP contribution in [0.2, 0.25) is 0 Å². The zero-order valence-electron chi connectivity index (χ0n) is 6.95. The first kappa shape index (κ1) is 8.70. The van der Waals surface area contributed by atoms with Crippen LogP contribution in [0.1, 0.15) is 31.4 Å². The quantitative estimate of drug-likeness (QED) is 0.672. The largest absolute Gasteiger partial charge is 0.369 e. The van der Waals surface area contributed by atoms with Gasteiger partial charge in [0.1, 0.15) is 0 Å². The summed E-state index contributed by atoms with van der Waals surface area (Å²) in [4.78, 5) is 10.9. The van der Waals surface area contributed by atoms with Crippen molar-refractivity contribution in [1.29, 1.82) is 0 Å². The monoisotopic (exact) mass is 168 g/mol. The molecule has 1 amide bonds. The zero-order valence-corrected chi connectivity index (χ0v) is 6.95. The number of amides is 1. The van der Waals surface area contributed by atoms with Crippen molar-refractivity contribution in [2.75, 3.05) is 0 Å². The Hall–Kier alpha value is -1.39. The van der Waals surface area contributed by atoms with E-state index in [1.165, 1.54) is 0 Å². The number of nitrogens with one attached hydrogen (secondary N) is 1. The topological polar surface area (TPSA) is 84.7 Å². The summed E-state index contributed by atoms with van der Waals surface area (Å²) in [6.45, 7) is 2.00.